The zero-order valence-corrected chi connectivity index (χ0v) is 16.6. The number of nitrogens with zero attached hydrogens (tertiary/aromatic N) is 2. The van der Waals surface area contributed by atoms with E-state index in [4.69, 9.17) is 8.92 Å². The minimum atomic E-state index is -3.52. The van der Waals surface area contributed by atoms with Crippen LogP contribution >= 0.6 is 0 Å². The van der Waals surface area contributed by atoms with Gasteiger partial charge in [-0.1, -0.05) is 30.3 Å². The molecule has 1 aromatic carbocycles. The summed E-state index contributed by atoms with van der Waals surface area (Å²) < 4.78 is 32.0. The van der Waals surface area contributed by atoms with Crippen molar-refractivity contribution in [1.82, 2.24) is 9.80 Å². The first-order valence-electron chi connectivity index (χ1n) is 9.45. The van der Waals surface area contributed by atoms with E-state index in [1.165, 1.54) is 5.56 Å². The summed E-state index contributed by atoms with van der Waals surface area (Å²) in [4.78, 5) is 16.1. The summed E-state index contributed by atoms with van der Waals surface area (Å²) in [7, 11) is -3.52. The molecule has 2 heterocycles. The quantitative estimate of drug-likeness (QED) is 0.626. The van der Waals surface area contributed by atoms with Crippen LogP contribution in [0, 0.1) is 5.92 Å². The Balaban J connectivity index is 1.35. The summed E-state index contributed by atoms with van der Waals surface area (Å²) >= 11 is 0. The third kappa shape index (κ3) is 6.48. The van der Waals surface area contributed by atoms with E-state index in [1.807, 2.05) is 6.07 Å². The Hall–Kier alpha value is -1.64. The second-order valence-corrected chi connectivity index (χ2v) is 9.08. The monoisotopic (exact) mass is 396 g/mol. The molecule has 150 valence electrons. The van der Waals surface area contributed by atoms with E-state index in [-0.39, 0.29) is 12.7 Å². The van der Waals surface area contributed by atoms with E-state index in [0.29, 0.717) is 19.0 Å². The molecule has 1 unspecified atom stereocenters. The van der Waals surface area contributed by atoms with Crippen LogP contribution in [-0.2, 0) is 25.6 Å². The molecule has 3 rings (SSSR count). The van der Waals surface area contributed by atoms with Crippen LogP contribution in [0.4, 0.5) is 4.79 Å². The smallest absolute Gasteiger partial charge is 0.410 e. The molecule has 0 N–H and O–H groups in total. The van der Waals surface area contributed by atoms with E-state index in [0.717, 1.165) is 45.2 Å². The molecule has 1 aromatic rings. The maximum absolute atomic E-state index is 11.9. The highest BCUT2D eigenvalue weighted by atomic mass is 32.2. The van der Waals surface area contributed by atoms with Crippen molar-refractivity contribution in [3.63, 3.8) is 0 Å². The van der Waals surface area contributed by atoms with Gasteiger partial charge in [-0.15, -0.1) is 0 Å². The molecule has 0 spiro atoms. The van der Waals surface area contributed by atoms with Crippen LogP contribution < -0.4 is 0 Å². The van der Waals surface area contributed by atoms with Crippen molar-refractivity contribution in [3.8, 4) is 0 Å². The van der Waals surface area contributed by atoms with Crippen LogP contribution in [0.1, 0.15) is 24.8 Å². The Morgan fingerprint density at radius 2 is 1.89 bits per heavy atom. The second-order valence-electron chi connectivity index (χ2n) is 7.43. The Morgan fingerprint density at radius 3 is 2.56 bits per heavy atom. The van der Waals surface area contributed by atoms with Gasteiger partial charge in [0.25, 0.3) is 10.1 Å². The van der Waals surface area contributed by atoms with Gasteiger partial charge < -0.3 is 9.64 Å². The molecule has 1 atom stereocenters. The molecule has 27 heavy (non-hydrogen) atoms. The molecule has 0 aliphatic carbocycles. The van der Waals surface area contributed by atoms with Gasteiger partial charge in [-0.3, -0.25) is 9.08 Å². The number of amides is 1. The number of hydrogen-bond donors (Lipinski definition) is 0. The van der Waals surface area contributed by atoms with Gasteiger partial charge in [0.2, 0.25) is 0 Å². The van der Waals surface area contributed by atoms with Crippen molar-refractivity contribution in [3.05, 3.63) is 35.9 Å². The zero-order chi connectivity index (χ0) is 19.3. The average Bonchev–Trinajstić information content (AvgIpc) is 3.00. The number of likely N-dealkylation sites (tertiary alicyclic amines) is 1. The lowest BCUT2D eigenvalue weighted by atomic mass is 9.93. The van der Waals surface area contributed by atoms with Gasteiger partial charge in [0.05, 0.1) is 12.8 Å². The zero-order valence-electron chi connectivity index (χ0n) is 15.7. The van der Waals surface area contributed by atoms with Crippen molar-refractivity contribution in [2.75, 3.05) is 39.0 Å². The maximum atomic E-state index is 11.9. The van der Waals surface area contributed by atoms with E-state index in [1.54, 1.807) is 4.90 Å². The number of piperidine rings is 1. The molecule has 0 saturated carbocycles. The van der Waals surface area contributed by atoms with E-state index in [9.17, 15) is 13.2 Å². The topological polar surface area (TPSA) is 76.2 Å². The third-order valence-electron chi connectivity index (χ3n) is 5.18. The van der Waals surface area contributed by atoms with Gasteiger partial charge >= 0.3 is 6.09 Å². The molecular formula is C19H28N2O5S. The maximum Gasteiger partial charge on any atom is 0.410 e. The molecule has 2 aliphatic rings. The summed E-state index contributed by atoms with van der Waals surface area (Å²) in [5.41, 5.74) is 1.35. The Morgan fingerprint density at radius 1 is 1.19 bits per heavy atom. The molecule has 1 amide bonds. The van der Waals surface area contributed by atoms with Crippen molar-refractivity contribution in [2.45, 2.75) is 31.9 Å². The summed E-state index contributed by atoms with van der Waals surface area (Å²) in [6.45, 7) is 4.08. The van der Waals surface area contributed by atoms with E-state index >= 15 is 0 Å². The van der Waals surface area contributed by atoms with Crippen molar-refractivity contribution < 1.29 is 22.1 Å². The van der Waals surface area contributed by atoms with Gasteiger partial charge in [-0.25, -0.2) is 4.79 Å². The van der Waals surface area contributed by atoms with Gasteiger partial charge in [0.1, 0.15) is 12.7 Å². The minimum absolute atomic E-state index is 0.112. The summed E-state index contributed by atoms with van der Waals surface area (Å²) in [5.74, 6) is 0.608. The molecule has 2 saturated heterocycles. The Labute approximate surface area is 161 Å². The SMILES string of the molecule is CS(=O)(=O)OCC1CN(CCC2CCN(Cc3ccccc3)CC2)C(=O)O1. The molecular weight excluding hydrogens is 368 g/mol. The normalized spacial score (nSPS) is 22.2. The second kappa shape index (κ2) is 9.03. The van der Waals surface area contributed by atoms with Crippen molar-refractivity contribution in [1.29, 1.82) is 0 Å². The molecule has 0 aromatic heterocycles. The third-order valence-corrected chi connectivity index (χ3v) is 5.75. The molecule has 0 bridgehead atoms. The van der Waals surface area contributed by atoms with Gasteiger partial charge in [-0.05, 0) is 43.8 Å². The van der Waals surface area contributed by atoms with Gasteiger partial charge in [0, 0.05) is 13.1 Å². The van der Waals surface area contributed by atoms with Crippen LogP contribution in [0.5, 0.6) is 0 Å². The molecule has 8 heteroatoms. The number of rotatable bonds is 8. The van der Waals surface area contributed by atoms with Crippen molar-refractivity contribution >= 4 is 16.2 Å². The number of hydrogen-bond acceptors (Lipinski definition) is 6. The molecule has 2 aliphatic heterocycles. The van der Waals surface area contributed by atoms with Crippen LogP contribution in [-0.4, -0.2) is 69.5 Å². The molecule has 2 fully saturated rings. The lowest BCUT2D eigenvalue weighted by Crippen LogP contribution is -2.35. The first-order valence-corrected chi connectivity index (χ1v) is 11.3. The summed E-state index contributed by atoms with van der Waals surface area (Å²) in [5, 5.41) is 0. The van der Waals surface area contributed by atoms with Crippen LogP contribution in [0.25, 0.3) is 0 Å². The predicted molar refractivity (Wildman–Crippen MR) is 102 cm³/mol. The Kier molecular flexibility index (Phi) is 6.73. The standard InChI is InChI=1S/C19H28N2O5S/c1-27(23,24)25-15-18-14-21(19(22)26-18)12-9-16-7-10-20(11-8-16)13-17-5-3-2-4-6-17/h2-6,16,18H,7-15H2,1H3. The fourth-order valence-electron chi connectivity index (χ4n) is 3.66. The van der Waals surface area contributed by atoms with Gasteiger partial charge in [-0.2, -0.15) is 8.42 Å². The minimum Gasteiger partial charge on any atom is -0.442 e. The first kappa shape index (κ1) is 20.1. The van der Waals surface area contributed by atoms with Crippen LogP contribution in [0.2, 0.25) is 0 Å². The van der Waals surface area contributed by atoms with Crippen molar-refractivity contribution in [2.24, 2.45) is 5.92 Å². The summed E-state index contributed by atoms with van der Waals surface area (Å²) in [6.07, 6.45) is 3.32. The predicted octanol–water partition coefficient (Wildman–Crippen LogP) is 2.09. The lowest BCUT2D eigenvalue weighted by molar-refractivity contribution is 0.104. The highest BCUT2D eigenvalue weighted by Crippen LogP contribution is 2.23. The highest BCUT2D eigenvalue weighted by molar-refractivity contribution is 7.85. The fourth-order valence-corrected chi connectivity index (χ4v) is 4.06. The average molecular weight is 397 g/mol. The molecule has 0 radical (unpaired) electrons. The first-order chi connectivity index (χ1) is 12.9. The van der Waals surface area contributed by atoms with E-state index < -0.39 is 16.2 Å². The van der Waals surface area contributed by atoms with Crippen LogP contribution in [0.3, 0.4) is 0 Å². The van der Waals surface area contributed by atoms with Crippen LogP contribution in [0.15, 0.2) is 30.3 Å². The number of cyclic esters (lactones) is 1. The summed E-state index contributed by atoms with van der Waals surface area (Å²) in [6, 6.07) is 10.5. The Bertz CT molecular complexity index is 717. The number of benzene rings is 1. The number of carbonyl (C=O) groups excluding carboxylic acids is 1. The molecule has 7 nitrogen and oxygen atoms in total. The lowest BCUT2D eigenvalue weighted by Gasteiger charge is -2.32. The van der Waals surface area contributed by atoms with Gasteiger partial charge in [0.15, 0.2) is 0 Å². The highest BCUT2D eigenvalue weighted by Gasteiger charge is 2.32. The number of ether oxygens (including phenoxy) is 1. The van der Waals surface area contributed by atoms with E-state index in [2.05, 4.69) is 29.2 Å². The number of carbonyl (C=O) groups is 1. The largest absolute Gasteiger partial charge is 0.442 e. The fraction of sp³-hybridized carbons (Fsp3) is 0.632.